The topological polar surface area (TPSA) is 65.4 Å². The van der Waals surface area contributed by atoms with Gasteiger partial charge in [0, 0.05) is 11.5 Å². The highest BCUT2D eigenvalue weighted by Gasteiger charge is 2.08. The van der Waals surface area contributed by atoms with E-state index in [1.807, 2.05) is 12.1 Å². The van der Waals surface area contributed by atoms with E-state index in [1.165, 1.54) is 0 Å². The number of nitriles is 1. The van der Waals surface area contributed by atoms with Gasteiger partial charge in [0.25, 0.3) is 0 Å². The molecule has 0 aliphatic heterocycles. The Labute approximate surface area is 94.0 Å². The van der Waals surface area contributed by atoms with Crippen molar-refractivity contribution in [3.8, 4) is 17.5 Å². The van der Waals surface area contributed by atoms with Gasteiger partial charge in [0.15, 0.2) is 5.82 Å². The number of hydrogen-bond donors (Lipinski definition) is 1. The Morgan fingerprint density at radius 3 is 2.44 bits per heavy atom. The van der Waals surface area contributed by atoms with Crippen LogP contribution in [0, 0.1) is 11.3 Å². The van der Waals surface area contributed by atoms with Gasteiger partial charge in [0.2, 0.25) is 0 Å². The largest absolute Gasteiger partial charge is 0.262 e. The smallest absolute Gasteiger partial charge is 0.181 e. The maximum Gasteiger partial charge on any atom is 0.181 e. The van der Waals surface area contributed by atoms with Crippen molar-refractivity contribution in [1.29, 1.82) is 5.26 Å². The molecule has 0 aliphatic rings. The number of H-pyrrole nitrogens is 1. The van der Waals surface area contributed by atoms with E-state index < -0.39 is 0 Å². The van der Waals surface area contributed by atoms with Crippen LogP contribution in [0.1, 0.15) is 31.2 Å². The molecule has 0 saturated carbocycles. The van der Waals surface area contributed by atoms with Crippen LogP contribution in [-0.4, -0.2) is 15.2 Å². The van der Waals surface area contributed by atoms with E-state index in [0.717, 1.165) is 11.4 Å². The monoisotopic (exact) mass is 212 g/mol. The van der Waals surface area contributed by atoms with Crippen LogP contribution >= 0.6 is 0 Å². The summed E-state index contributed by atoms with van der Waals surface area (Å²) < 4.78 is 0. The second-order valence-corrected chi connectivity index (χ2v) is 3.89. The average molecular weight is 212 g/mol. The lowest BCUT2D eigenvalue weighted by Crippen LogP contribution is -1.89. The Balaban J connectivity index is 2.32. The summed E-state index contributed by atoms with van der Waals surface area (Å²) in [5, 5.41) is 15.7. The molecule has 0 saturated heterocycles. The van der Waals surface area contributed by atoms with Gasteiger partial charge in [0.05, 0.1) is 11.6 Å². The number of benzene rings is 1. The van der Waals surface area contributed by atoms with Gasteiger partial charge in [-0.3, -0.25) is 5.10 Å². The minimum Gasteiger partial charge on any atom is -0.262 e. The molecule has 16 heavy (non-hydrogen) atoms. The quantitative estimate of drug-likeness (QED) is 0.831. The van der Waals surface area contributed by atoms with Crippen LogP contribution in [0.3, 0.4) is 0 Å². The highest BCUT2D eigenvalue weighted by Crippen LogP contribution is 2.17. The molecule has 1 aromatic heterocycles. The van der Waals surface area contributed by atoms with Crippen molar-refractivity contribution >= 4 is 0 Å². The lowest BCUT2D eigenvalue weighted by molar-refractivity contribution is 0.781. The SMILES string of the molecule is CC(C)c1nc(-c2ccc(C#N)cc2)n[nH]1. The average Bonchev–Trinajstić information content (AvgIpc) is 2.78. The molecule has 4 heteroatoms. The Morgan fingerprint density at radius 1 is 1.25 bits per heavy atom. The van der Waals surface area contributed by atoms with Crippen molar-refractivity contribution in [3.05, 3.63) is 35.7 Å². The normalized spacial score (nSPS) is 10.4. The van der Waals surface area contributed by atoms with E-state index in [-0.39, 0.29) is 0 Å². The fourth-order valence-corrected chi connectivity index (χ4v) is 1.36. The van der Waals surface area contributed by atoms with E-state index >= 15 is 0 Å². The summed E-state index contributed by atoms with van der Waals surface area (Å²) in [4.78, 5) is 4.39. The maximum atomic E-state index is 8.69. The Hall–Kier alpha value is -2.15. The molecule has 4 nitrogen and oxygen atoms in total. The minimum atomic E-state index is 0.333. The van der Waals surface area contributed by atoms with Crippen LogP contribution in [-0.2, 0) is 0 Å². The highest BCUT2D eigenvalue weighted by molar-refractivity contribution is 5.56. The Bertz CT molecular complexity index is 517. The van der Waals surface area contributed by atoms with Gasteiger partial charge < -0.3 is 0 Å². The van der Waals surface area contributed by atoms with E-state index in [0.29, 0.717) is 17.3 Å². The lowest BCUT2D eigenvalue weighted by Gasteiger charge is -1.96. The summed E-state index contributed by atoms with van der Waals surface area (Å²) in [5.41, 5.74) is 1.56. The summed E-state index contributed by atoms with van der Waals surface area (Å²) in [6.45, 7) is 4.12. The van der Waals surface area contributed by atoms with Gasteiger partial charge in [-0.15, -0.1) is 0 Å². The predicted molar refractivity (Wildman–Crippen MR) is 60.6 cm³/mol. The number of rotatable bonds is 2. The van der Waals surface area contributed by atoms with Crippen molar-refractivity contribution in [1.82, 2.24) is 15.2 Å². The third-order valence-electron chi connectivity index (χ3n) is 2.32. The Kier molecular flexibility index (Phi) is 2.69. The first kappa shape index (κ1) is 10.4. The van der Waals surface area contributed by atoms with Gasteiger partial charge >= 0.3 is 0 Å². The fourth-order valence-electron chi connectivity index (χ4n) is 1.36. The second-order valence-electron chi connectivity index (χ2n) is 3.89. The molecular formula is C12H12N4. The second kappa shape index (κ2) is 4.15. The minimum absolute atomic E-state index is 0.333. The Morgan fingerprint density at radius 2 is 1.94 bits per heavy atom. The van der Waals surface area contributed by atoms with Gasteiger partial charge in [0.1, 0.15) is 5.82 Å². The van der Waals surface area contributed by atoms with Crippen LogP contribution in [0.5, 0.6) is 0 Å². The van der Waals surface area contributed by atoms with E-state index in [1.54, 1.807) is 12.1 Å². The van der Waals surface area contributed by atoms with Crippen LogP contribution in [0.4, 0.5) is 0 Å². The van der Waals surface area contributed by atoms with Crippen LogP contribution in [0.2, 0.25) is 0 Å². The summed E-state index contributed by atoms with van der Waals surface area (Å²) in [7, 11) is 0. The third-order valence-corrected chi connectivity index (χ3v) is 2.32. The van der Waals surface area contributed by atoms with E-state index in [9.17, 15) is 0 Å². The first-order valence-corrected chi connectivity index (χ1v) is 5.13. The van der Waals surface area contributed by atoms with Crippen LogP contribution in [0.25, 0.3) is 11.4 Å². The molecule has 0 aliphatic carbocycles. The summed E-state index contributed by atoms with van der Waals surface area (Å²) in [6, 6.07) is 9.32. The molecule has 0 spiro atoms. The fraction of sp³-hybridized carbons (Fsp3) is 0.250. The van der Waals surface area contributed by atoms with Gasteiger partial charge in [-0.25, -0.2) is 4.98 Å². The first-order valence-electron chi connectivity index (χ1n) is 5.13. The first-order chi connectivity index (χ1) is 7.70. The zero-order valence-corrected chi connectivity index (χ0v) is 9.23. The van der Waals surface area contributed by atoms with E-state index in [2.05, 4.69) is 35.1 Å². The summed E-state index contributed by atoms with van der Waals surface area (Å²) in [6.07, 6.45) is 0. The van der Waals surface area contributed by atoms with Gasteiger partial charge in [-0.1, -0.05) is 13.8 Å². The summed E-state index contributed by atoms with van der Waals surface area (Å²) in [5.74, 6) is 1.88. The molecule has 1 heterocycles. The molecule has 0 unspecified atom stereocenters. The molecular weight excluding hydrogens is 200 g/mol. The number of nitrogens with zero attached hydrogens (tertiary/aromatic N) is 3. The standard InChI is InChI=1S/C12H12N4/c1-8(2)11-14-12(16-15-11)10-5-3-9(7-13)4-6-10/h3-6,8H,1-2H3,(H,14,15,16). The molecule has 1 aromatic carbocycles. The molecule has 0 fully saturated rings. The third kappa shape index (κ3) is 1.94. The van der Waals surface area contributed by atoms with Gasteiger partial charge in [-0.2, -0.15) is 10.4 Å². The molecule has 80 valence electrons. The van der Waals surface area contributed by atoms with Crippen molar-refractivity contribution in [3.63, 3.8) is 0 Å². The molecule has 0 amide bonds. The van der Waals surface area contributed by atoms with Crippen molar-refractivity contribution in [2.45, 2.75) is 19.8 Å². The number of aromatic amines is 1. The van der Waals surface area contributed by atoms with Crippen molar-refractivity contribution in [2.75, 3.05) is 0 Å². The maximum absolute atomic E-state index is 8.69. The lowest BCUT2D eigenvalue weighted by atomic mass is 10.1. The zero-order valence-electron chi connectivity index (χ0n) is 9.23. The molecule has 2 rings (SSSR count). The summed E-state index contributed by atoms with van der Waals surface area (Å²) >= 11 is 0. The zero-order chi connectivity index (χ0) is 11.5. The van der Waals surface area contributed by atoms with E-state index in [4.69, 9.17) is 5.26 Å². The predicted octanol–water partition coefficient (Wildman–Crippen LogP) is 2.47. The molecule has 0 radical (unpaired) electrons. The molecule has 0 bridgehead atoms. The molecule has 1 N–H and O–H groups in total. The van der Waals surface area contributed by atoms with Gasteiger partial charge in [-0.05, 0) is 24.3 Å². The van der Waals surface area contributed by atoms with Crippen LogP contribution in [0.15, 0.2) is 24.3 Å². The van der Waals surface area contributed by atoms with Crippen molar-refractivity contribution < 1.29 is 0 Å². The number of hydrogen-bond acceptors (Lipinski definition) is 3. The molecule has 0 atom stereocenters. The number of nitrogens with one attached hydrogen (secondary N) is 1. The van der Waals surface area contributed by atoms with Crippen LogP contribution < -0.4 is 0 Å². The highest BCUT2D eigenvalue weighted by atomic mass is 15.2. The molecule has 2 aromatic rings. The van der Waals surface area contributed by atoms with Crippen molar-refractivity contribution in [2.24, 2.45) is 0 Å². The number of aromatic nitrogens is 3.